The van der Waals surface area contributed by atoms with Crippen molar-refractivity contribution in [1.29, 1.82) is 0 Å². The summed E-state index contributed by atoms with van der Waals surface area (Å²) in [6.07, 6.45) is 3.51. The van der Waals surface area contributed by atoms with Crippen LogP contribution in [0.3, 0.4) is 0 Å². The number of rotatable bonds is 6. The van der Waals surface area contributed by atoms with E-state index in [0.29, 0.717) is 18.5 Å². The molecule has 0 unspecified atom stereocenters. The number of nitrogens with one attached hydrogen (secondary N) is 1. The van der Waals surface area contributed by atoms with E-state index in [-0.39, 0.29) is 12.5 Å². The Balaban J connectivity index is 2.42. The van der Waals surface area contributed by atoms with E-state index in [1.165, 1.54) is 11.3 Å². The lowest BCUT2D eigenvalue weighted by atomic mass is 10.3. The second-order valence-electron chi connectivity index (χ2n) is 3.58. The summed E-state index contributed by atoms with van der Waals surface area (Å²) in [5, 5.41) is 13.3. The molecular weight excluding hydrogens is 266 g/mol. The minimum atomic E-state index is -0.0393. The number of aliphatic hydroxyl groups is 1. The van der Waals surface area contributed by atoms with Crippen molar-refractivity contribution in [2.75, 3.05) is 25.2 Å². The maximum absolute atomic E-state index is 11.8. The number of thioether (sulfide) groups is 1. The Bertz CT molecular complexity index is 432. The Hall–Kier alpha value is -0.960. The minimum absolute atomic E-state index is 0.0393. The molecule has 0 aromatic carbocycles. The van der Waals surface area contributed by atoms with Crippen LogP contribution in [0.15, 0.2) is 11.4 Å². The van der Waals surface area contributed by atoms with Crippen molar-refractivity contribution in [3.63, 3.8) is 0 Å². The fraction of sp³-hybridized carbons (Fsp3) is 0.462. The van der Waals surface area contributed by atoms with E-state index >= 15 is 0 Å². The van der Waals surface area contributed by atoms with Gasteiger partial charge in [-0.1, -0.05) is 11.8 Å². The van der Waals surface area contributed by atoms with Gasteiger partial charge in [0.05, 0.1) is 17.0 Å². The van der Waals surface area contributed by atoms with E-state index in [4.69, 9.17) is 5.11 Å². The molecule has 1 aromatic rings. The molecule has 0 saturated carbocycles. The van der Waals surface area contributed by atoms with Crippen molar-refractivity contribution in [2.45, 2.75) is 12.8 Å². The number of thiophene rings is 1. The van der Waals surface area contributed by atoms with E-state index in [9.17, 15) is 4.79 Å². The van der Waals surface area contributed by atoms with Crippen molar-refractivity contribution in [1.82, 2.24) is 5.32 Å². The van der Waals surface area contributed by atoms with Crippen LogP contribution in [0.25, 0.3) is 0 Å². The first-order valence-corrected chi connectivity index (χ1v) is 8.00. The summed E-state index contributed by atoms with van der Waals surface area (Å²) in [5.74, 6) is 6.78. The third-order valence-corrected chi connectivity index (χ3v) is 3.66. The van der Waals surface area contributed by atoms with Crippen LogP contribution in [-0.4, -0.2) is 36.2 Å². The van der Waals surface area contributed by atoms with Crippen molar-refractivity contribution >= 4 is 29.0 Å². The molecule has 0 fully saturated rings. The first-order chi connectivity index (χ1) is 8.77. The molecule has 2 N–H and O–H groups in total. The standard InChI is InChI=1S/C13H17NO2S2/c1-17-8-4-6-14-13(16)11-9-12(18-10-11)5-2-3-7-15/h9-10,15H,3-4,6-8H2,1H3,(H,14,16). The van der Waals surface area contributed by atoms with Crippen molar-refractivity contribution < 1.29 is 9.90 Å². The van der Waals surface area contributed by atoms with Gasteiger partial charge in [0.15, 0.2) is 0 Å². The maximum atomic E-state index is 11.8. The fourth-order valence-corrected chi connectivity index (χ4v) is 2.43. The summed E-state index contributed by atoms with van der Waals surface area (Å²) >= 11 is 3.23. The molecule has 98 valence electrons. The van der Waals surface area contributed by atoms with Gasteiger partial charge < -0.3 is 10.4 Å². The summed E-state index contributed by atoms with van der Waals surface area (Å²) in [6, 6.07) is 1.79. The molecule has 0 spiro atoms. The van der Waals surface area contributed by atoms with Crippen LogP contribution in [0.1, 0.15) is 28.1 Å². The molecule has 1 heterocycles. The predicted molar refractivity (Wildman–Crippen MR) is 78.2 cm³/mol. The van der Waals surface area contributed by atoms with E-state index in [1.807, 2.05) is 5.38 Å². The zero-order chi connectivity index (χ0) is 13.2. The van der Waals surface area contributed by atoms with Gasteiger partial charge in [-0.15, -0.1) is 11.3 Å². The molecule has 1 aromatic heterocycles. The van der Waals surface area contributed by atoms with Crippen LogP contribution in [0.5, 0.6) is 0 Å². The van der Waals surface area contributed by atoms with Gasteiger partial charge in [0.2, 0.25) is 0 Å². The van der Waals surface area contributed by atoms with Gasteiger partial charge in [-0.05, 0) is 24.5 Å². The number of carbonyl (C=O) groups is 1. The molecule has 0 aliphatic carbocycles. The van der Waals surface area contributed by atoms with Gasteiger partial charge in [-0.3, -0.25) is 4.79 Å². The molecule has 0 aliphatic heterocycles. The topological polar surface area (TPSA) is 49.3 Å². The van der Waals surface area contributed by atoms with Crippen molar-refractivity contribution in [3.05, 3.63) is 21.9 Å². The lowest BCUT2D eigenvalue weighted by Gasteiger charge is -2.01. The third kappa shape index (κ3) is 5.58. The Labute approximate surface area is 116 Å². The number of aliphatic hydroxyl groups excluding tert-OH is 1. The summed E-state index contributed by atoms with van der Waals surface area (Å²) in [7, 11) is 0. The van der Waals surface area contributed by atoms with E-state index in [0.717, 1.165) is 17.1 Å². The maximum Gasteiger partial charge on any atom is 0.252 e. The van der Waals surface area contributed by atoms with Gasteiger partial charge in [-0.2, -0.15) is 11.8 Å². The first kappa shape index (κ1) is 15.1. The zero-order valence-corrected chi connectivity index (χ0v) is 12.0. The second kappa shape index (κ2) is 9.03. The van der Waals surface area contributed by atoms with Crippen molar-refractivity contribution in [3.8, 4) is 11.8 Å². The summed E-state index contributed by atoms with van der Waals surface area (Å²) in [6.45, 7) is 0.780. The summed E-state index contributed by atoms with van der Waals surface area (Å²) in [5.41, 5.74) is 0.664. The van der Waals surface area contributed by atoms with Gasteiger partial charge >= 0.3 is 0 Å². The van der Waals surface area contributed by atoms with Crippen molar-refractivity contribution in [2.24, 2.45) is 0 Å². The number of amides is 1. The molecule has 0 saturated heterocycles. The SMILES string of the molecule is CSCCCNC(=O)c1csc(C#CCCO)c1. The highest BCUT2D eigenvalue weighted by Crippen LogP contribution is 2.13. The largest absolute Gasteiger partial charge is 0.395 e. The fourth-order valence-electron chi connectivity index (χ4n) is 1.25. The number of hydrogen-bond donors (Lipinski definition) is 2. The van der Waals surface area contributed by atoms with Gasteiger partial charge in [0.1, 0.15) is 0 Å². The lowest BCUT2D eigenvalue weighted by Crippen LogP contribution is -2.24. The zero-order valence-electron chi connectivity index (χ0n) is 10.4. The monoisotopic (exact) mass is 283 g/mol. The highest BCUT2D eigenvalue weighted by atomic mass is 32.2. The Kier molecular flexibility index (Phi) is 7.58. The molecule has 1 rings (SSSR count). The minimum Gasteiger partial charge on any atom is -0.395 e. The van der Waals surface area contributed by atoms with Gasteiger partial charge in [0.25, 0.3) is 5.91 Å². The highest BCUT2D eigenvalue weighted by molar-refractivity contribution is 7.98. The lowest BCUT2D eigenvalue weighted by molar-refractivity contribution is 0.0954. The average molecular weight is 283 g/mol. The Morgan fingerprint density at radius 3 is 3.17 bits per heavy atom. The number of carbonyl (C=O) groups excluding carboxylic acids is 1. The van der Waals surface area contributed by atoms with Gasteiger partial charge in [-0.25, -0.2) is 0 Å². The van der Waals surface area contributed by atoms with Crippen LogP contribution >= 0.6 is 23.1 Å². The molecule has 1 amide bonds. The molecule has 0 radical (unpaired) electrons. The Morgan fingerprint density at radius 2 is 2.44 bits per heavy atom. The van der Waals surface area contributed by atoms with Crippen LogP contribution in [0.4, 0.5) is 0 Å². The normalized spacial score (nSPS) is 9.67. The highest BCUT2D eigenvalue weighted by Gasteiger charge is 2.06. The second-order valence-corrected chi connectivity index (χ2v) is 5.47. The van der Waals surface area contributed by atoms with Crippen LogP contribution in [0, 0.1) is 11.8 Å². The molecule has 18 heavy (non-hydrogen) atoms. The smallest absolute Gasteiger partial charge is 0.252 e. The van der Waals surface area contributed by atoms with Crippen LogP contribution in [-0.2, 0) is 0 Å². The van der Waals surface area contributed by atoms with E-state index < -0.39 is 0 Å². The van der Waals surface area contributed by atoms with E-state index in [2.05, 4.69) is 23.4 Å². The van der Waals surface area contributed by atoms with Gasteiger partial charge in [0, 0.05) is 18.3 Å². The molecule has 0 bridgehead atoms. The third-order valence-electron chi connectivity index (χ3n) is 2.12. The molecule has 5 heteroatoms. The molecular formula is C13H17NO2S2. The molecule has 0 atom stereocenters. The summed E-state index contributed by atoms with van der Waals surface area (Å²) < 4.78 is 0. The predicted octanol–water partition coefficient (Wildman–Crippen LogP) is 1.96. The first-order valence-electron chi connectivity index (χ1n) is 5.73. The quantitative estimate of drug-likeness (QED) is 0.620. The van der Waals surface area contributed by atoms with Crippen LogP contribution < -0.4 is 5.32 Å². The van der Waals surface area contributed by atoms with E-state index in [1.54, 1.807) is 17.8 Å². The Morgan fingerprint density at radius 1 is 1.61 bits per heavy atom. The number of hydrogen-bond acceptors (Lipinski definition) is 4. The molecule has 0 aliphatic rings. The van der Waals surface area contributed by atoms with Crippen LogP contribution in [0.2, 0.25) is 0 Å². The summed E-state index contributed by atoms with van der Waals surface area (Å²) in [4.78, 5) is 12.6. The molecule has 3 nitrogen and oxygen atoms in total. The average Bonchev–Trinajstić information content (AvgIpc) is 2.84.